The van der Waals surface area contributed by atoms with Crippen LogP contribution in [0.1, 0.15) is 23.2 Å². The molecule has 0 radical (unpaired) electrons. The third-order valence-corrected chi connectivity index (χ3v) is 2.75. The van der Waals surface area contributed by atoms with Crippen molar-refractivity contribution in [2.45, 2.75) is 18.5 Å². The highest BCUT2D eigenvalue weighted by Gasteiger charge is 2.39. The van der Waals surface area contributed by atoms with Crippen LogP contribution in [0.4, 0.5) is 22.0 Å². The van der Waals surface area contributed by atoms with Crippen LogP contribution in [-0.4, -0.2) is 4.98 Å². The first kappa shape index (κ1) is 13.6. The Morgan fingerprint density at radius 3 is 2.31 bits per heavy atom. The molecule has 0 amide bonds. The second-order valence-electron chi connectivity index (χ2n) is 2.78. The Balaban J connectivity index is 3.52. The summed E-state index contributed by atoms with van der Waals surface area (Å²) >= 11 is 8.17. The summed E-state index contributed by atoms with van der Waals surface area (Å²) in [5.74, 6) is -0.453. The van der Waals surface area contributed by atoms with Gasteiger partial charge in [0.15, 0.2) is 5.69 Å². The van der Waals surface area contributed by atoms with Crippen molar-refractivity contribution in [1.29, 1.82) is 0 Å². The molecule has 1 rings (SSSR count). The van der Waals surface area contributed by atoms with E-state index in [1.54, 1.807) is 0 Å². The van der Waals surface area contributed by atoms with Crippen LogP contribution in [0.15, 0.2) is 10.7 Å². The zero-order valence-electron chi connectivity index (χ0n) is 7.45. The first-order valence-electron chi connectivity index (χ1n) is 3.87. The summed E-state index contributed by atoms with van der Waals surface area (Å²) in [5.41, 5.74) is -3.06. The molecule has 0 unspecified atom stereocenters. The first-order valence-corrected chi connectivity index (χ1v) is 5.20. The van der Waals surface area contributed by atoms with E-state index >= 15 is 0 Å². The maximum Gasteiger partial charge on any atom is 0.433 e. The van der Waals surface area contributed by atoms with E-state index in [0.717, 1.165) is 6.20 Å². The van der Waals surface area contributed by atoms with E-state index < -0.39 is 29.7 Å². The molecule has 1 aromatic heterocycles. The lowest BCUT2D eigenvalue weighted by atomic mass is 10.1. The van der Waals surface area contributed by atoms with Crippen LogP contribution >= 0.6 is 27.5 Å². The van der Waals surface area contributed by atoms with Crippen LogP contribution in [-0.2, 0) is 12.1 Å². The van der Waals surface area contributed by atoms with Gasteiger partial charge in [0.25, 0.3) is 6.43 Å². The summed E-state index contributed by atoms with van der Waals surface area (Å²) < 4.78 is 62.4. The fraction of sp³-hybridized carbons (Fsp3) is 0.375. The van der Waals surface area contributed by atoms with Crippen LogP contribution in [0.2, 0.25) is 0 Å². The van der Waals surface area contributed by atoms with Crippen LogP contribution in [0.25, 0.3) is 0 Å². The molecule has 0 atom stereocenters. The summed E-state index contributed by atoms with van der Waals surface area (Å²) in [7, 11) is 0. The third-order valence-electron chi connectivity index (χ3n) is 1.80. The highest BCUT2D eigenvalue weighted by molar-refractivity contribution is 9.10. The Kier molecular flexibility index (Phi) is 4.12. The minimum absolute atomic E-state index is 0.0331. The van der Waals surface area contributed by atoms with Crippen molar-refractivity contribution in [1.82, 2.24) is 4.98 Å². The second kappa shape index (κ2) is 4.83. The molecule has 0 aromatic carbocycles. The topological polar surface area (TPSA) is 12.9 Å². The molecule has 1 nitrogen and oxygen atoms in total. The van der Waals surface area contributed by atoms with Crippen LogP contribution in [0.3, 0.4) is 0 Å². The van der Waals surface area contributed by atoms with Crippen molar-refractivity contribution in [3.05, 3.63) is 27.5 Å². The Labute approximate surface area is 101 Å². The molecule has 0 aliphatic carbocycles. The zero-order valence-corrected chi connectivity index (χ0v) is 9.80. The second-order valence-corrected chi connectivity index (χ2v) is 3.90. The number of aromatic nitrogens is 1. The molecule has 0 N–H and O–H groups in total. The fourth-order valence-corrected chi connectivity index (χ4v) is 2.04. The summed E-state index contributed by atoms with van der Waals surface area (Å²) in [6.07, 6.45) is -7.39. The van der Waals surface area contributed by atoms with Gasteiger partial charge in [0.05, 0.1) is 5.56 Å². The largest absolute Gasteiger partial charge is 0.433 e. The Bertz CT molecular complexity index is 393. The molecule has 0 spiro atoms. The smallest absolute Gasteiger partial charge is 0.250 e. The summed E-state index contributed by atoms with van der Waals surface area (Å²) in [4.78, 5) is 2.97. The zero-order chi connectivity index (χ0) is 12.5. The standard InChI is InChI=1S/C8H4BrClF5N/c9-4-2-16-6(8(13,14)15)5(7(11)12)3(4)1-10/h2,7H,1H2. The Morgan fingerprint density at radius 2 is 1.94 bits per heavy atom. The maximum absolute atomic E-state index is 12.6. The lowest BCUT2D eigenvalue weighted by Gasteiger charge is -2.15. The van der Waals surface area contributed by atoms with Gasteiger partial charge >= 0.3 is 6.18 Å². The van der Waals surface area contributed by atoms with E-state index in [9.17, 15) is 22.0 Å². The Hall–Kier alpha value is -0.430. The molecule has 0 saturated carbocycles. The number of halogens is 7. The van der Waals surface area contributed by atoms with Crippen molar-refractivity contribution >= 4 is 27.5 Å². The van der Waals surface area contributed by atoms with E-state index in [1.165, 1.54) is 0 Å². The molecule has 0 fully saturated rings. The van der Waals surface area contributed by atoms with E-state index in [4.69, 9.17) is 11.6 Å². The Morgan fingerprint density at radius 1 is 1.38 bits per heavy atom. The molecule has 90 valence electrons. The molecule has 0 bridgehead atoms. The van der Waals surface area contributed by atoms with E-state index in [1.807, 2.05) is 0 Å². The van der Waals surface area contributed by atoms with Crippen molar-refractivity contribution in [3.63, 3.8) is 0 Å². The summed E-state index contributed by atoms with van der Waals surface area (Å²) in [6.45, 7) is 0. The quantitative estimate of drug-likeness (QED) is 0.575. The van der Waals surface area contributed by atoms with Crippen molar-refractivity contribution in [2.24, 2.45) is 0 Å². The van der Waals surface area contributed by atoms with Gasteiger partial charge in [-0.25, -0.2) is 8.78 Å². The SMILES string of the molecule is FC(F)c1c(C(F)(F)F)ncc(Br)c1CCl. The van der Waals surface area contributed by atoms with Gasteiger partial charge in [0.2, 0.25) is 0 Å². The van der Waals surface area contributed by atoms with E-state index in [0.29, 0.717) is 0 Å². The van der Waals surface area contributed by atoms with Gasteiger partial charge in [-0.1, -0.05) is 0 Å². The number of alkyl halides is 6. The van der Waals surface area contributed by atoms with Gasteiger partial charge < -0.3 is 0 Å². The summed E-state index contributed by atoms with van der Waals surface area (Å²) in [5, 5.41) is 0. The molecule has 16 heavy (non-hydrogen) atoms. The number of hydrogen-bond acceptors (Lipinski definition) is 1. The average molecular weight is 324 g/mol. The molecule has 0 saturated heterocycles. The normalized spacial score (nSPS) is 12.2. The average Bonchev–Trinajstić information content (AvgIpc) is 2.14. The maximum atomic E-state index is 12.6. The van der Waals surface area contributed by atoms with Crippen LogP contribution in [0.5, 0.6) is 0 Å². The van der Waals surface area contributed by atoms with Gasteiger partial charge in [0.1, 0.15) is 0 Å². The number of pyridine rings is 1. The molecule has 1 heterocycles. The van der Waals surface area contributed by atoms with Crippen molar-refractivity contribution in [2.75, 3.05) is 0 Å². The third kappa shape index (κ3) is 2.63. The first-order chi connectivity index (χ1) is 7.29. The predicted octanol–water partition coefficient (Wildman–Crippen LogP) is 4.54. The minimum atomic E-state index is -4.92. The molecular weight excluding hydrogens is 320 g/mol. The molecule has 0 aliphatic heterocycles. The molecule has 1 aromatic rings. The number of rotatable bonds is 2. The summed E-state index contributed by atoms with van der Waals surface area (Å²) in [6, 6.07) is 0. The predicted molar refractivity (Wildman–Crippen MR) is 51.5 cm³/mol. The van der Waals surface area contributed by atoms with Gasteiger partial charge in [0, 0.05) is 16.5 Å². The number of nitrogens with zero attached hydrogens (tertiary/aromatic N) is 1. The van der Waals surface area contributed by atoms with E-state index in [-0.39, 0.29) is 10.0 Å². The fourth-order valence-electron chi connectivity index (χ4n) is 1.14. The lowest BCUT2D eigenvalue weighted by molar-refractivity contribution is -0.143. The highest BCUT2D eigenvalue weighted by atomic mass is 79.9. The highest BCUT2D eigenvalue weighted by Crippen LogP contribution is 2.39. The molecular formula is C8H4BrClF5N. The van der Waals surface area contributed by atoms with Crippen molar-refractivity contribution < 1.29 is 22.0 Å². The van der Waals surface area contributed by atoms with Gasteiger partial charge in [-0.05, 0) is 21.5 Å². The minimum Gasteiger partial charge on any atom is -0.250 e. The molecule has 8 heteroatoms. The monoisotopic (exact) mass is 323 g/mol. The van der Waals surface area contributed by atoms with Gasteiger partial charge in [-0.2, -0.15) is 13.2 Å². The lowest BCUT2D eigenvalue weighted by Crippen LogP contribution is -2.14. The van der Waals surface area contributed by atoms with Crippen molar-refractivity contribution in [3.8, 4) is 0 Å². The van der Waals surface area contributed by atoms with Gasteiger partial charge in [-0.15, -0.1) is 11.6 Å². The van der Waals surface area contributed by atoms with E-state index in [2.05, 4.69) is 20.9 Å². The van der Waals surface area contributed by atoms with Gasteiger partial charge in [-0.3, -0.25) is 4.98 Å². The van der Waals surface area contributed by atoms with Crippen LogP contribution < -0.4 is 0 Å². The van der Waals surface area contributed by atoms with Crippen LogP contribution in [0, 0.1) is 0 Å². The number of hydrogen-bond donors (Lipinski definition) is 0. The molecule has 0 aliphatic rings.